The summed E-state index contributed by atoms with van der Waals surface area (Å²) < 4.78 is 7.23. The lowest BCUT2D eigenvalue weighted by molar-refractivity contribution is -0.144. The molecule has 0 aliphatic carbocycles. The Hall–Kier alpha value is -2.91. The molecule has 1 saturated heterocycles. The summed E-state index contributed by atoms with van der Waals surface area (Å²) in [6.45, 7) is 6.99. The molecule has 1 unspecified atom stereocenters. The van der Waals surface area contributed by atoms with Gasteiger partial charge in [0, 0.05) is 38.0 Å². The van der Waals surface area contributed by atoms with Crippen LogP contribution < -0.4 is 15.7 Å². The molecule has 2 atom stereocenters. The number of ether oxygens (including phenoxy) is 1. The van der Waals surface area contributed by atoms with Crippen molar-refractivity contribution in [3.05, 3.63) is 57.6 Å². The molecule has 0 aromatic carbocycles. The van der Waals surface area contributed by atoms with Gasteiger partial charge in [-0.05, 0) is 62.1 Å². The number of carbonyl (C=O) groups is 1. The number of aromatic nitrogens is 2. The summed E-state index contributed by atoms with van der Waals surface area (Å²) in [5.74, 6) is 0.236. The SMILES string of the molecule is CC(C)COn1c(C(C(=O)O)N2CC[C@@H](OCCCCc3ccc4c(n3)NCCC4)C2)cccc1=O. The normalized spacial score (nSPS) is 18.6. The van der Waals surface area contributed by atoms with Gasteiger partial charge in [-0.1, -0.05) is 26.0 Å². The number of hydrogen-bond donors (Lipinski definition) is 2. The molecule has 2 aromatic heterocycles. The van der Waals surface area contributed by atoms with Gasteiger partial charge in [0.2, 0.25) is 0 Å². The number of carboxylic acids is 1. The molecule has 1 fully saturated rings. The van der Waals surface area contributed by atoms with Crippen molar-refractivity contribution in [2.24, 2.45) is 5.92 Å². The first kappa shape index (κ1) is 26.2. The summed E-state index contributed by atoms with van der Waals surface area (Å²) in [7, 11) is 0. The van der Waals surface area contributed by atoms with Gasteiger partial charge in [0.15, 0.2) is 6.04 Å². The van der Waals surface area contributed by atoms with Gasteiger partial charge in [0.05, 0.1) is 11.8 Å². The maximum absolute atomic E-state index is 12.4. The number of aliphatic carboxylic acids is 1. The van der Waals surface area contributed by atoms with E-state index in [1.165, 1.54) is 11.6 Å². The number of pyridine rings is 2. The minimum absolute atomic E-state index is 0.0293. The van der Waals surface area contributed by atoms with E-state index in [4.69, 9.17) is 14.6 Å². The van der Waals surface area contributed by atoms with Crippen LogP contribution >= 0.6 is 0 Å². The lowest BCUT2D eigenvalue weighted by Gasteiger charge is -2.26. The van der Waals surface area contributed by atoms with E-state index in [0.717, 1.165) is 61.3 Å². The number of carboxylic acid groups (broad SMARTS) is 1. The smallest absolute Gasteiger partial charge is 0.327 e. The van der Waals surface area contributed by atoms with Gasteiger partial charge in [-0.3, -0.25) is 14.5 Å². The molecule has 9 nitrogen and oxygen atoms in total. The Bertz CT molecular complexity index is 1090. The number of likely N-dealkylation sites (tertiary alicyclic amines) is 1. The van der Waals surface area contributed by atoms with Crippen molar-refractivity contribution in [2.75, 3.05) is 38.2 Å². The van der Waals surface area contributed by atoms with E-state index < -0.39 is 12.0 Å². The second-order valence-corrected chi connectivity index (χ2v) is 10.1. The first-order valence-electron chi connectivity index (χ1n) is 13.1. The number of nitrogens with zero attached hydrogens (tertiary/aromatic N) is 3. The Labute approximate surface area is 212 Å². The highest BCUT2D eigenvalue weighted by atomic mass is 16.7. The van der Waals surface area contributed by atoms with Gasteiger partial charge in [-0.2, -0.15) is 0 Å². The molecule has 36 heavy (non-hydrogen) atoms. The third-order valence-electron chi connectivity index (χ3n) is 6.67. The van der Waals surface area contributed by atoms with E-state index >= 15 is 0 Å². The summed E-state index contributed by atoms with van der Waals surface area (Å²) in [5, 5.41) is 13.4. The van der Waals surface area contributed by atoms with Crippen molar-refractivity contribution >= 4 is 11.8 Å². The maximum atomic E-state index is 12.4. The number of aryl methyl sites for hydroxylation is 2. The van der Waals surface area contributed by atoms with E-state index in [1.54, 1.807) is 12.1 Å². The van der Waals surface area contributed by atoms with Crippen molar-refractivity contribution in [1.29, 1.82) is 0 Å². The van der Waals surface area contributed by atoms with Crippen LogP contribution in [0.5, 0.6) is 0 Å². The largest absolute Gasteiger partial charge is 0.480 e. The van der Waals surface area contributed by atoms with Crippen molar-refractivity contribution in [3.8, 4) is 0 Å². The Morgan fingerprint density at radius 3 is 2.92 bits per heavy atom. The molecule has 4 rings (SSSR count). The van der Waals surface area contributed by atoms with Gasteiger partial charge >= 0.3 is 5.97 Å². The highest BCUT2D eigenvalue weighted by Crippen LogP contribution is 2.26. The van der Waals surface area contributed by atoms with Crippen molar-refractivity contribution in [3.63, 3.8) is 0 Å². The molecule has 0 amide bonds. The van der Waals surface area contributed by atoms with E-state index in [1.807, 2.05) is 18.7 Å². The standard InChI is InChI=1S/C27H38N4O5/c1-19(2)18-36-31-23(9-5-10-24(31)32)25(27(33)34)30-15-13-22(17-30)35-16-4-3-8-21-12-11-20-7-6-14-28-26(20)29-21/h5,9-12,19,22,25H,3-4,6-8,13-18H2,1-2H3,(H,28,29)(H,33,34)/t22-,25?/m1/s1. The van der Waals surface area contributed by atoms with Crippen LogP contribution in [0.4, 0.5) is 5.82 Å². The zero-order valence-electron chi connectivity index (χ0n) is 21.3. The number of nitrogens with one attached hydrogen (secondary N) is 1. The second kappa shape index (κ2) is 12.4. The zero-order chi connectivity index (χ0) is 25.5. The quantitative estimate of drug-likeness (QED) is 0.431. The fourth-order valence-electron chi connectivity index (χ4n) is 4.82. The van der Waals surface area contributed by atoms with Gasteiger partial charge in [0.1, 0.15) is 12.4 Å². The minimum Gasteiger partial charge on any atom is -0.480 e. The van der Waals surface area contributed by atoms with Crippen LogP contribution in [0.2, 0.25) is 0 Å². The van der Waals surface area contributed by atoms with Crippen LogP contribution in [0.3, 0.4) is 0 Å². The predicted octanol–water partition coefficient (Wildman–Crippen LogP) is 2.93. The van der Waals surface area contributed by atoms with Crippen LogP contribution in [0.25, 0.3) is 0 Å². The Kier molecular flexibility index (Phi) is 8.98. The summed E-state index contributed by atoms with van der Waals surface area (Å²) in [4.78, 5) is 37.0. The average molecular weight is 499 g/mol. The topological polar surface area (TPSA) is 106 Å². The summed E-state index contributed by atoms with van der Waals surface area (Å²) in [6, 6.07) is 7.96. The molecule has 196 valence electrons. The number of anilines is 1. The lowest BCUT2D eigenvalue weighted by Crippen LogP contribution is -2.40. The van der Waals surface area contributed by atoms with E-state index in [2.05, 4.69) is 17.4 Å². The molecular weight excluding hydrogens is 460 g/mol. The molecule has 9 heteroatoms. The van der Waals surface area contributed by atoms with Gasteiger partial charge in [-0.25, -0.2) is 4.98 Å². The number of rotatable bonds is 12. The van der Waals surface area contributed by atoms with Crippen molar-refractivity contribution in [2.45, 2.75) is 64.5 Å². The summed E-state index contributed by atoms with van der Waals surface area (Å²) in [5.41, 5.74) is 2.38. The van der Waals surface area contributed by atoms with Crippen molar-refractivity contribution < 1.29 is 19.5 Å². The molecular formula is C27H38N4O5. The second-order valence-electron chi connectivity index (χ2n) is 10.1. The Balaban J connectivity index is 1.27. The molecule has 0 bridgehead atoms. The molecule has 2 aliphatic rings. The molecule has 0 radical (unpaired) electrons. The number of fused-ring (bicyclic) bond motifs is 1. The van der Waals surface area contributed by atoms with E-state index in [9.17, 15) is 14.7 Å². The maximum Gasteiger partial charge on any atom is 0.327 e. The monoisotopic (exact) mass is 498 g/mol. The third kappa shape index (κ3) is 6.64. The minimum atomic E-state index is -1.00. The highest BCUT2D eigenvalue weighted by molar-refractivity contribution is 5.75. The van der Waals surface area contributed by atoms with Gasteiger partial charge in [0.25, 0.3) is 5.56 Å². The number of hydrogen-bond acceptors (Lipinski definition) is 7. The fourth-order valence-corrected chi connectivity index (χ4v) is 4.82. The summed E-state index contributed by atoms with van der Waals surface area (Å²) in [6.07, 6.45) is 5.81. The molecule has 2 N–H and O–H groups in total. The summed E-state index contributed by atoms with van der Waals surface area (Å²) >= 11 is 0. The van der Waals surface area contributed by atoms with E-state index in [0.29, 0.717) is 32.0 Å². The fraction of sp³-hybridized carbons (Fsp3) is 0.593. The molecule has 0 spiro atoms. The van der Waals surface area contributed by atoms with Crippen LogP contribution in [0.15, 0.2) is 35.1 Å². The molecule has 4 heterocycles. The third-order valence-corrected chi connectivity index (χ3v) is 6.67. The molecule has 2 aliphatic heterocycles. The van der Waals surface area contributed by atoms with E-state index in [-0.39, 0.29) is 17.6 Å². The predicted molar refractivity (Wildman–Crippen MR) is 137 cm³/mol. The van der Waals surface area contributed by atoms with Crippen LogP contribution in [0, 0.1) is 5.92 Å². The number of unbranched alkanes of at least 4 members (excludes halogenated alkanes) is 1. The lowest BCUT2D eigenvalue weighted by atomic mass is 10.1. The average Bonchev–Trinajstić information content (AvgIpc) is 3.31. The molecule has 0 saturated carbocycles. The first-order chi connectivity index (χ1) is 17.4. The van der Waals surface area contributed by atoms with Crippen LogP contribution in [-0.2, 0) is 22.4 Å². The zero-order valence-corrected chi connectivity index (χ0v) is 21.3. The van der Waals surface area contributed by atoms with Gasteiger partial charge < -0.3 is 20.0 Å². The molecule has 2 aromatic rings. The first-order valence-corrected chi connectivity index (χ1v) is 13.1. The Morgan fingerprint density at radius 1 is 1.25 bits per heavy atom. The van der Waals surface area contributed by atoms with Crippen LogP contribution in [-0.4, -0.2) is 64.6 Å². The van der Waals surface area contributed by atoms with Gasteiger partial charge in [-0.15, -0.1) is 4.73 Å². The highest BCUT2D eigenvalue weighted by Gasteiger charge is 2.36. The van der Waals surface area contributed by atoms with Crippen LogP contribution in [0.1, 0.15) is 62.5 Å². The van der Waals surface area contributed by atoms with Crippen molar-refractivity contribution in [1.82, 2.24) is 14.6 Å². The Morgan fingerprint density at radius 2 is 2.11 bits per heavy atom.